The fourth-order valence-corrected chi connectivity index (χ4v) is 1.03. The Balaban J connectivity index is 3.00. The Morgan fingerprint density at radius 1 is 1.50 bits per heavy atom. The molecule has 0 aliphatic rings. The van der Waals surface area contributed by atoms with E-state index >= 15 is 0 Å². The number of hydrogen-bond donors (Lipinski definition) is 3. The van der Waals surface area contributed by atoms with Gasteiger partial charge in [-0.05, 0) is 29.3 Å². The van der Waals surface area contributed by atoms with Gasteiger partial charge in [-0.15, -0.1) is 0 Å². The molecule has 0 bridgehead atoms. The summed E-state index contributed by atoms with van der Waals surface area (Å²) in [7, 11) is 0. The molecule has 0 heterocycles. The van der Waals surface area contributed by atoms with Crippen LogP contribution >= 0.6 is 0 Å². The van der Waals surface area contributed by atoms with Crippen LogP contribution in [0.3, 0.4) is 0 Å². The first-order chi connectivity index (χ1) is 6.63. The molecule has 0 aliphatic heterocycles. The quantitative estimate of drug-likeness (QED) is 0.491. The van der Waals surface area contributed by atoms with E-state index < -0.39 is 5.97 Å². The van der Waals surface area contributed by atoms with E-state index in [1.165, 1.54) is 6.08 Å². The van der Waals surface area contributed by atoms with Crippen LogP contribution in [0.4, 0.5) is 5.69 Å². The largest absolute Gasteiger partial charge is 0.478 e. The number of carboxylic acids is 1. The van der Waals surface area contributed by atoms with Crippen molar-refractivity contribution in [3.63, 3.8) is 0 Å². The molecule has 0 atom stereocenters. The number of nitrogens with two attached hydrogens (primary N) is 1. The topological polar surface area (TPSA) is 83.5 Å². The Bertz CT molecular complexity index is 372. The molecule has 1 aromatic rings. The molecule has 0 aliphatic carbocycles. The van der Waals surface area contributed by atoms with Gasteiger partial charge in [-0.25, -0.2) is 4.79 Å². The predicted octanol–water partition coefficient (Wildman–Crippen LogP) is 0.859. The lowest BCUT2D eigenvalue weighted by Crippen LogP contribution is -1.93. The summed E-state index contributed by atoms with van der Waals surface area (Å²) in [6.45, 7) is -0.0891. The molecule has 1 rings (SSSR count). The van der Waals surface area contributed by atoms with E-state index in [-0.39, 0.29) is 6.61 Å². The highest BCUT2D eigenvalue weighted by Crippen LogP contribution is 2.15. The van der Waals surface area contributed by atoms with E-state index in [0.717, 1.165) is 6.08 Å². The minimum Gasteiger partial charge on any atom is -0.478 e. The van der Waals surface area contributed by atoms with Gasteiger partial charge in [-0.1, -0.05) is 6.07 Å². The molecule has 0 fully saturated rings. The zero-order valence-corrected chi connectivity index (χ0v) is 7.47. The van der Waals surface area contributed by atoms with Crippen molar-refractivity contribution >= 4 is 17.7 Å². The average molecular weight is 193 g/mol. The molecule has 14 heavy (non-hydrogen) atoms. The van der Waals surface area contributed by atoms with Crippen molar-refractivity contribution in [1.29, 1.82) is 0 Å². The van der Waals surface area contributed by atoms with Crippen LogP contribution in [0.1, 0.15) is 11.1 Å². The van der Waals surface area contributed by atoms with Crippen LogP contribution in [0, 0.1) is 0 Å². The first-order valence-electron chi connectivity index (χ1n) is 4.03. The highest BCUT2D eigenvalue weighted by atomic mass is 16.4. The summed E-state index contributed by atoms with van der Waals surface area (Å²) in [5.74, 6) is -1.03. The summed E-state index contributed by atoms with van der Waals surface area (Å²) in [6, 6.07) is 4.97. The third-order valence-corrected chi connectivity index (χ3v) is 1.74. The summed E-state index contributed by atoms with van der Waals surface area (Å²) in [5.41, 5.74) is 7.39. The van der Waals surface area contributed by atoms with Gasteiger partial charge in [0.05, 0.1) is 6.61 Å². The standard InChI is InChI=1S/C10H11NO3/c11-9-3-1-7(6-12)5-8(9)2-4-10(13)14/h1-5,12H,6,11H2,(H,13,14)/b4-2+. The van der Waals surface area contributed by atoms with Crippen LogP contribution in [0.5, 0.6) is 0 Å². The fraction of sp³-hybridized carbons (Fsp3) is 0.100. The van der Waals surface area contributed by atoms with Crippen LogP contribution in [-0.2, 0) is 11.4 Å². The summed E-state index contributed by atoms with van der Waals surface area (Å²) < 4.78 is 0. The smallest absolute Gasteiger partial charge is 0.328 e. The Morgan fingerprint density at radius 2 is 2.21 bits per heavy atom. The van der Waals surface area contributed by atoms with Gasteiger partial charge in [0, 0.05) is 11.8 Å². The van der Waals surface area contributed by atoms with Crippen LogP contribution in [-0.4, -0.2) is 16.2 Å². The van der Waals surface area contributed by atoms with E-state index in [1.54, 1.807) is 18.2 Å². The van der Waals surface area contributed by atoms with Crippen molar-refractivity contribution < 1.29 is 15.0 Å². The lowest BCUT2D eigenvalue weighted by atomic mass is 10.1. The molecular weight excluding hydrogens is 182 g/mol. The molecule has 0 aromatic heterocycles. The Kier molecular flexibility index (Phi) is 3.25. The molecule has 0 radical (unpaired) electrons. The van der Waals surface area contributed by atoms with E-state index in [4.69, 9.17) is 15.9 Å². The Hall–Kier alpha value is -1.81. The summed E-state index contributed by atoms with van der Waals surface area (Å²) in [6.07, 6.45) is 2.41. The number of benzene rings is 1. The molecule has 0 saturated heterocycles. The molecular formula is C10H11NO3. The number of aliphatic hydroxyl groups excluding tert-OH is 1. The highest BCUT2D eigenvalue weighted by molar-refractivity contribution is 5.86. The van der Waals surface area contributed by atoms with E-state index in [1.807, 2.05) is 0 Å². The third kappa shape index (κ3) is 2.60. The van der Waals surface area contributed by atoms with Crippen molar-refractivity contribution in [2.45, 2.75) is 6.61 Å². The minimum absolute atomic E-state index is 0.0891. The van der Waals surface area contributed by atoms with Crippen molar-refractivity contribution in [3.8, 4) is 0 Å². The van der Waals surface area contributed by atoms with Gasteiger partial charge in [-0.2, -0.15) is 0 Å². The molecule has 0 spiro atoms. The zero-order valence-electron chi connectivity index (χ0n) is 7.47. The van der Waals surface area contributed by atoms with Crippen molar-refractivity contribution in [2.24, 2.45) is 0 Å². The second kappa shape index (κ2) is 4.43. The number of anilines is 1. The molecule has 4 N–H and O–H groups in total. The maximum Gasteiger partial charge on any atom is 0.328 e. The molecule has 74 valence electrons. The maximum absolute atomic E-state index is 10.3. The van der Waals surface area contributed by atoms with Gasteiger partial charge in [0.15, 0.2) is 0 Å². The lowest BCUT2D eigenvalue weighted by molar-refractivity contribution is -0.131. The van der Waals surface area contributed by atoms with E-state index in [2.05, 4.69) is 0 Å². The van der Waals surface area contributed by atoms with E-state index in [9.17, 15) is 4.79 Å². The van der Waals surface area contributed by atoms with E-state index in [0.29, 0.717) is 16.8 Å². The van der Waals surface area contributed by atoms with Gasteiger partial charge in [0.2, 0.25) is 0 Å². The third-order valence-electron chi connectivity index (χ3n) is 1.74. The van der Waals surface area contributed by atoms with Gasteiger partial charge >= 0.3 is 5.97 Å². The maximum atomic E-state index is 10.3. The number of carbonyl (C=O) groups is 1. The highest BCUT2D eigenvalue weighted by Gasteiger charge is 1.97. The first kappa shape index (κ1) is 10.3. The second-order valence-corrected chi connectivity index (χ2v) is 2.79. The van der Waals surface area contributed by atoms with Crippen LogP contribution in [0.25, 0.3) is 6.08 Å². The molecule has 0 unspecified atom stereocenters. The summed E-state index contributed by atoms with van der Waals surface area (Å²) in [4.78, 5) is 10.3. The van der Waals surface area contributed by atoms with Gasteiger partial charge < -0.3 is 15.9 Å². The Morgan fingerprint density at radius 3 is 2.79 bits per heavy atom. The molecule has 4 nitrogen and oxygen atoms in total. The number of carboxylic acid groups (broad SMARTS) is 1. The van der Waals surface area contributed by atoms with Crippen LogP contribution in [0.15, 0.2) is 24.3 Å². The summed E-state index contributed by atoms with van der Waals surface area (Å²) in [5, 5.41) is 17.3. The molecule has 0 saturated carbocycles. The molecule has 1 aromatic carbocycles. The number of rotatable bonds is 3. The zero-order chi connectivity index (χ0) is 10.6. The number of aliphatic carboxylic acids is 1. The molecule has 4 heteroatoms. The SMILES string of the molecule is Nc1ccc(CO)cc1/C=C/C(=O)O. The average Bonchev–Trinajstić information content (AvgIpc) is 2.16. The van der Waals surface area contributed by atoms with Gasteiger partial charge in [0.1, 0.15) is 0 Å². The Labute approximate surface area is 81.3 Å². The predicted molar refractivity (Wildman–Crippen MR) is 53.4 cm³/mol. The van der Waals surface area contributed by atoms with Gasteiger partial charge in [-0.3, -0.25) is 0 Å². The van der Waals surface area contributed by atoms with Gasteiger partial charge in [0.25, 0.3) is 0 Å². The number of aliphatic hydroxyl groups is 1. The first-order valence-corrected chi connectivity index (χ1v) is 4.03. The second-order valence-electron chi connectivity index (χ2n) is 2.79. The van der Waals surface area contributed by atoms with Crippen molar-refractivity contribution in [1.82, 2.24) is 0 Å². The minimum atomic E-state index is -1.03. The number of hydrogen-bond acceptors (Lipinski definition) is 3. The van der Waals surface area contributed by atoms with Crippen molar-refractivity contribution in [2.75, 3.05) is 5.73 Å². The molecule has 0 amide bonds. The van der Waals surface area contributed by atoms with Crippen molar-refractivity contribution in [3.05, 3.63) is 35.4 Å². The fourth-order valence-electron chi connectivity index (χ4n) is 1.03. The van der Waals surface area contributed by atoms with Crippen LogP contribution < -0.4 is 5.73 Å². The lowest BCUT2D eigenvalue weighted by Gasteiger charge is -2.02. The normalized spacial score (nSPS) is 10.6. The monoisotopic (exact) mass is 193 g/mol. The number of nitrogen functional groups attached to an aromatic ring is 1. The summed E-state index contributed by atoms with van der Waals surface area (Å²) >= 11 is 0. The van der Waals surface area contributed by atoms with Crippen LogP contribution in [0.2, 0.25) is 0 Å².